The van der Waals surface area contributed by atoms with Crippen molar-refractivity contribution in [2.45, 2.75) is 94.2 Å². The van der Waals surface area contributed by atoms with Gasteiger partial charge in [0, 0.05) is 36.7 Å². The molecule has 194 valence electrons. The van der Waals surface area contributed by atoms with Crippen LogP contribution in [0, 0.1) is 17.8 Å². The smallest absolute Gasteiger partial charge is 0.246 e. The molecule has 6 fully saturated rings. The summed E-state index contributed by atoms with van der Waals surface area (Å²) in [7, 11) is 0. The summed E-state index contributed by atoms with van der Waals surface area (Å²) >= 11 is 0. The molecule has 36 heavy (non-hydrogen) atoms. The molecule has 6 aliphatic rings. The van der Waals surface area contributed by atoms with Gasteiger partial charge in [-0.05, 0) is 75.5 Å². The van der Waals surface area contributed by atoms with Crippen molar-refractivity contribution in [2.75, 3.05) is 6.54 Å². The minimum Gasteiger partial charge on any atom is -0.368 e. The van der Waals surface area contributed by atoms with Crippen molar-refractivity contribution in [3.05, 3.63) is 17.7 Å². The van der Waals surface area contributed by atoms with Crippen LogP contribution in [0.2, 0.25) is 0 Å². The van der Waals surface area contributed by atoms with Crippen molar-refractivity contribution in [1.29, 1.82) is 0 Å². The summed E-state index contributed by atoms with van der Waals surface area (Å²) in [6, 6.07) is -2.19. The van der Waals surface area contributed by atoms with Crippen LogP contribution in [0.3, 0.4) is 0 Å². The van der Waals surface area contributed by atoms with Gasteiger partial charge in [0.1, 0.15) is 23.9 Å². The molecule has 0 aromatic carbocycles. The molecule has 2 saturated heterocycles. The molecule has 3 atom stereocenters. The van der Waals surface area contributed by atoms with Gasteiger partial charge in [-0.3, -0.25) is 19.2 Å². The Kier molecular flexibility index (Phi) is 5.80. The normalized spacial score (nSPS) is 35.6. The summed E-state index contributed by atoms with van der Waals surface area (Å²) in [6.07, 6.45) is 11.6. The molecule has 10 nitrogen and oxygen atoms in total. The third-order valence-electron chi connectivity index (χ3n) is 9.38. The first kappa shape index (κ1) is 23.5. The Balaban J connectivity index is 1.22. The molecule has 4 amide bonds. The molecule has 4 bridgehead atoms. The van der Waals surface area contributed by atoms with Gasteiger partial charge in [0.15, 0.2) is 0 Å². The lowest BCUT2D eigenvalue weighted by atomic mass is 9.49. The van der Waals surface area contributed by atoms with Gasteiger partial charge in [-0.2, -0.15) is 0 Å². The topological polar surface area (TPSA) is 150 Å². The van der Waals surface area contributed by atoms with Crippen LogP contribution in [0.15, 0.2) is 6.20 Å². The largest absolute Gasteiger partial charge is 0.368 e. The van der Waals surface area contributed by atoms with Crippen molar-refractivity contribution in [3.8, 4) is 0 Å². The highest BCUT2D eigenvalue weighted by atomic mass is 16.2. The number of nitrogens with two attached hydrogens (primary N) is 1. The zero-order valence-electron chi connectivity index (χ0n) is 20.6. The summed E-state index contributed by atoms with van der Waals surface area (Å²) in [5, 5.41) is 5.53. The van der Waals surface area contributed by atoms with Gasteiger partial charge in [-0.25, -0.2) is 4.98 Å². The van der Waals surface area contributed by atoms with Gasteiger partial charge in [-0.1, -0.05) is 0 Å². The Bertz CT molecular complexity index is 1050. The van der Waals surface area contributed by atoms with E-state index in [1.807, 2.05) is 0 Å². The molecule has 3 heterocycles. The summed E-state index contributed by atoms with van der Waals surface area (Å²) in [6.45, 7) is 0.431. The van der Waals surface area contributed by atoms with Crippen molar-refractivity contribution >= 4 is 23.6 Å². The Morgan fingerprint density at radius 2 is 1.83 bits per heavy atom. The highest BCUT2D eigenvalue weighted by Crippen LogP contribution is 2.60. The maximum atomic E-state index is 13.6. The molecule has 7 rings (SSSR count). The molecule has 4 aliphatic carbocycles. The Hall–Kier alpha value is -2.91. The molecule has 0 radical (unpaired) electrons. The highest BCUT2D eigenvalue weighted by molar-refractivity contribution is 5.95. The van der Waals surface area contributed by atoms with Crippen LogP contribution in [0.4, 0.5) is 0 Å². The van der Waals surface area contributed by atoms with E-state index in [-0.39, 0.29) is 29.6 Å². The fraction of sp³-hybridized carbons (Fsp3) is 0.731. The van der Waals surface area contributed by atoms with E-state index < -0.39 is 24.0 Å². The minimum atomic E-state index is -0.875. The Labute approximate surface area is 210 Å². The molecule has 1 aromatic heterocycles. The molecule has 0 unspecified atom stereocenters. The first-order valence-electron chi connectivity index (χ1n) is 13.5. The van der Waals surface area contributed by atoms with Gasteiger partial charge in [0.2, 0.25) is 23.6 Å². The second-order valence-corrected chi connectivity index (χ2v) is 12.0. The second-order valence-electron chi connectivity index (χ2n) is 12.0. The summed E-state index contributed by atoms with van der Waals surface area (Å²) in [5.41, 5.74) is 6.46. The standard InChI is InChI=1S/C26H36N6O4/c27-22(34)20-2-1-5-32(20)24(36)19(31-23(35)18-3-4-21(33)30-18)9-17-13-28-25(29-17)26-10-14-6-15(11-26)8-16(7-14)12-26/h13-16,18-20H,1-12H2,(H2,27,34)(H,28,29)(H,30,33)(H,31,35)/t14?,15?,16?,18-,19-,20-,26?/m0/s1. The number of primary amides is 1. The lowest BCUT2D eigenvalue weighted by Gasteiger charge is -2.56. The minimum absolute atomic E-state index is 0.107. The van der Waals surface area contributed by atoms with Crippen molar-refractivity contribution in [2.24, 2.45) is 23.5 Å². The number of amides is 4. The van der Waals surface area contributed by atoms with E-state index in [2.05, 4.69) is 15.6 Å². The van der Waals surface area contributed by atoms with Gasteiger partial charge in [-0.15, -0.1) is 0 Å². The zero-order chi connectivity index (χ0) is 25.0. The molecule has 1 aromatic rings. The first-order valence-corrected chi connectivity index (χ1v) is 13.5. The molecule has 0 spiro atoms. The quantitative estimate of drug-likeness (QED) is 0.437. The third kappa shape index (κ3) is 4.18. The number of carbonyl (C=O) groups is 4. The fourth-order valence-electron chi connectivity index (χ4n) is 8.16. The second kappa shape index (κ2) is 8.88. The average Bonchev–Trinajstić information content (AvgIpc) is 3.58. The van der Waals surface area contributed by atoms with E-state index in [0.29, 0.717) is 32.2 Å². The van der Waals surface area contributed by atoms with Crippen LogP contribution < -0.4 is 16.4 Å². The monoisotopic (exact) mass is 496 g/mol. The van der Waals surface area contributed by atoms with Gasteiger partial charge in [0.25, 0.3) is 0 Å². The molecule has 2 aliphatic heterocycles. The van der Waals surface area contributed by atoms with Crippen molar-refractivity contribution < 1.29 is 19.2 Å². The van der Waals surface area contributed by atoms with Crippen LogP contribution >= 0.6 is 0 Å². The van der Waals surface area contributed by atoms with Crippen LogP contribution in [0.5, 0.6) is 0 Å². The number of imidazole rings is 1. The van der Waals surface area contributed by atoms with E-state index in [1.165, 1.54) is 43.4 Å². The fourth-order valence-corrected chi connectivity index (χ4v) is 8.16. The van der Waals surface area contributed by atoms with E-state index >= 15 is 0 Å². The van der Waals surface area contributed by atoms with E-state index in [1.54, 1.807) is 6.20 Å². The number of carbonyl (C=O) groups excluding carboxylic acids is 4. The number of aromatic amines is 1. The number of hydrogen-bond donors (Lipinski definition) is 4. The number of rotatable bonds is 7. The number of nitrogens with one attached hydrogen (secondary N) is 3. The Morgan fingerprint density at radius 1 is 1.14 bits per heavy atom. The highest BCUT2D eigenvalue weighted by Gasteiger charge is 2.53. The summed E-state index contributed by atoms with van der Waals surface area (Å²) in [5.74, 6) is 2.01. The zero-order valence-corrected chi connectivity index (χ0v) is 20.6. The van der Waals surface area contributed by atoms with Crippen molar-refractivity contribution in [3.63, 3.8) is 0 Å². The van der Waals surface area contributed by atoms with Crippen LogP contribution in [-0.4, -0.2) is 63.2 Å². The number of aromatic nitrogens is 2. The number of H-pyrrole nitrogens is 1. The molecular formula is C26H36N6O4. The van der Waals surface area contributed by atoms with Crippen LogP contribution in [0.25, 0.3) is 0 Å². The Morgan fingerprint density at radius 3 is 2.44 bits per heavy atom. The molecule has 4 saturated carbocycles. The van der Waals surface area contributed by atoms with Crippen LogP contribution in [0.1, 0.15) is 75.7 Å². The van der Waals surface area contributed by atoms with Crippen molar-refractivity contribution in [1.82, 2.24) is 25.5 Å². The summed E-state index contributed by atoms with van der Waals surface area (Å²) < 4.78 is 0. The number of hydrogen-bond acceptors (Lipinski definition) is 5. The number of nitrogens with zero attached hydrogens (tertiary/aromatic N) is 2. The molecular weight excluding hydrogens is 460 g/mol. The van der Waals surface area contributed by atoms with Gasteiger partial charge in [0.05, 0.1) is 0 Å². The van der Waals surface area contributed by atoms with Gasteiger partial charge >= 0.3 is 0 Å². The predicted molar refractivity (Wildman–Crippen MR) is 129 cm³/mol. The molecule has 10 heteroatoms. The average molecular weight is 497 g/mol. The van der Waals surface area contributed by atoms with E-state index in [0.717, 1.165) is 29.3 Å². The SMILES string of the molecule is NC(=O)[C@@H]1CCCN1C(=O)[C@H](Cc1cnc(C23CC4CC(CC(C4)C2)C3)[nH]1)NC(=O)[C@@H]1CCC(=O)N1. The van der Waals surface area contributed by atoms with E-state index in [9.17, 15) is 19.2 Å². The third-order valence-corrected chi connectivity index (χ3v) is 9.38. The van der Waals surface area contributed by atoms with Crippen LogP contribution in [-0.2, 0) is 31.0 Å². The first-order chi connectivity index (χ1) is 17.3. The lowest BCUT2D eigenvalue weighted by Crippen LogP contribution is -2.56. The number of likely N-dealkylation sites (tertiary alicyclic amines) is 1. The maximum absolute atomic E-state index is 13.6. The predicted octanol–water partition coefficient (Wildman–Crippen LogP) is 0.660. The lowest BCUT2D eigenvalue weighted by molar-refractivity contribution is -0.140. The van der Waals surface area contributed by atoms with Gasteiger partial charge < -0.3 is 26.3 Å². The van der Waals surface area contributed by atoms with E-state index in [4.69, 9.17) is 10.7 Å². The maximum Gasteiger partial charge on any atom is 0.246 e. The molecule has 5 N–H and O–H groups in total. The summed E-state index contributed by atoms with van der Waals surface area (Å²) in [4.78, 5) is 60.0.